The van der Waals surface area contributed by atoms with Crippen LogP contribution in [0.2, 0.25) is 0 Å². The molecule has 38 heavy (non-hydrogen) atoms. The van der Waals surface area contributed by atoms with Gasteiger partial charge < -0.3 is 24.4 Å². The predicted molar refractivity (Wildman–Crippen MR) is 150 cm³/mol. The number of carbonyl (C=O) groups is 2. The minimum Gasteiger partial charge on any atom is -0.503 e. The zero-order valence-electron chi connectivity index (χ0n) is 23.0. The number of rotatable bonds is 15. The summed E-state index contributed by atoms with van der Waals surface area (Å²) in [5.41, 5.74) is 1.61. The highest BCUT2D eigenvalue weighted by molar-refractivity contribution is 6.14. The highest BCUT2D eigenvalue weighted by Crippen LogP contribution is 2.41. The van der Waals surface area contributed by atoms with Crippen LogP contribution in [-0.4, -0.2) is 66.0 Å². The van der Waals surface area contributed by atoms with Crippen LogP contribution in [0.5, 0.6) is 11.5 Å². The summed E-state index contributed by atoms with van der Waals surface area (Å²) in [5.74, 6) is -0.280. The van der Waals surface area contributed by atoms with E-state index < -0.39 is 23.5 Å². The van der Waals surface area contributed by atoms with Crippen molar-refractivity contribution in [2.24, 2.45) is 0 Å². The molecule has 1 unspecified atom stereocenters. The third kappa shape index (κ3) is 7.04. The van der Waals surface area contributed by atoms with Crippen molar-refractivity contribution in [1.82, 2.24) is 9.80 Å². The Hall–Kier alpha value is -3.58. The Morgan fingerprint density at radius 3 is 2.42 bits per heavy atom. The van der Waals surface area contributed by atoms with Gasteiger partial charge in [0.25, 0.3) is 5.91 Å². The quantitative estimate of drug-likeness (QED) is 0.244. The van der Waals surface area contributed by atoms with E-state index in [9.17, 15) is 14.7 Å². The van der Waals surface area contributed by atoms with E-state index in [1.165, 1.54) is 6.08 Å². The SMILES string of the molecule is CCCCOc1ccc(C2C(C(=O)/C=C/c3ccccc3)=C(O)C(=O)N2CCN(CC)CC)cc1OCC. The molecule has 1 N–H and O–H groups in total. The van der Waals surface area contributed by atoms with E-state index >= 15 is 0 Å². The summed E-state index contributed by atoms with van der Waals surface area (Å²) in [6, 6.07) is 14.2. The maximum Gasteiger partial charge on any atom is 0.290 e. The number of carbonyl (C=O) groups excluding carboxylic acids is 2. The molecule has 204 valence electrons. The van der Waals surface area contributed by atoms with E-state index in [-0.39, 0.29) is 5.57 Å². The maximum atomic E-state index is 13.5. The lowest BCUT2D eigenvalue weighted by Gasteiger charge is -2.29. The first-order valence-corrected chi connectivity index (χ1v) is 13.6. The van der Waals surface area contributed by atoms with Crippen molar-refractivity contribution in [2.45, 2.75) is 46.6 Å². The summed E-state index contributed by atoms with van der Waals surface area (Å²) in [5, 5.41) is 10.9. The van der Waals surface area contributed by atoms with Crippen LogP contribution < -0.4 is 9.47 Å². The van der Waals surface area contributed by atoms with Crippen LogP contribution in [-0.2, 0) is 9.59 Å². The van der Waals surface area contributed by atoms with E-state index in [0.29, 0.717) is 43.4 Å². The topological polar surface area (TPSA) is 79.3 Å². The Balaban J connectivity index is 2.01. The van der Waals surface area contributed by atoms with Gasteiger partial charge in [0.1, 0.15) is 0 Å². The standard InChI is InChI=1S/C31H40N2O5/c1-5-9-21-38-26-18-16-24(22-27(26)37-8-4)29-28(25(34)17-15-23-13-11-10-12-14-23)30(35)31(36)33(29)20-19-32(6-2)7-3/h10-18,22,29,35H,5-9,19-21H2,1-4H3/b17-15+. The summed E-state index contributed by atoms with van der Waals surface area (Å²) in [4.78, 5) is 30.5. The number of allylic oxidation sites excluding steroid dienone is 1. The molecular weight excluding hydrogens is 480 g/mol. The fourth-order valence-corrected chi connectivity index (χ4v) is 4.51. The molecule has 1 amide bonds. The number of benzene rings is 2. The second-order valence-corrected chi connectivity index (χ2v) is 9.14. The van der Waals surface area contributed by atoms with Crippen molar-refractivity contribution < 1.29 is 24.2 Å². The van der Waals surface area contributed by atoms with Gasteiger partial charge in [-0.2, -0.15) is 0 Å². The molecule has 1 aliphatic heterocycles. The second-order valence-electron chi connectivity index (χ2n) is 9.14. The third-order valence-electron chi connectivity index (χ3n) is 6.69. The minimum absolute atomic E-state index is 0.0730. The number of ketones is 1. The van der Waals surface area contributed by atoms with Crippen molar-refractivity contribution >= 4 is 17.8 Å². The molecule has 0 bridgehead atoms. The summed E-state index contributed by atoms with van der Waals surface area (Å²) < 4.78 is 11.8. The molecule has 0 aromatic heterocycles. The van der Waals surface area contributed by atoms with E-state index in [1.54, 1.807) is 11.0 Å². The lowest BCUT2D eigenvalue weighted by atomic mass is 9.95. The van der Waals surface area contributed by atoms with Crippen LogP contribution >= 0.6 is 0 Å². The molecule has 0 spiro atoms. The minimum atomic E-state index is -0.741. The number of ether oxygens (including phenoxy) is 2. The summed E-state index contributed by atoms with van der Waals surface area (Å²) >= 11 is 0. The number of hydrogen-bond acceptors (Lipinski definition) is 6. The fraction of sp³-hybridized carbons (Fsp3) is 0.419. The molecule has 0 fully saturated rings. The average molecular weight is 521 g/mol. The number of unbranched alkanes of at least 4 members (excludes halogenated alkanes) is 1. The Morgan fingerprint density at radius 1 is 1.03 bits per heavy atom. The molecule has 1 heterocycles. The molecule has 0 aliphatic carbocycles. The lowest BCUT2D eigenvalue weighted by molar-refractivity contribution is -0.129. The van der Waals surface area contributed by atoms with Crippen LogP contribution in [0.25, 0.3) is 6.08 Å². The van der Waals surface area contributed by atoms with Crippen molar-refractivity contribution in [2.75, 3.05) is 39.4 Å². The van der Waals surface area contributed by atoms with Crippen molar-refractivity contribution in [1.29, 1.82) is 0 Å². The molecule has 2 aromatic carbocycles. The molecule has 0 saturated heterocycles. The van der Waals surface area contributed by atoms with Gasteiger partial charge in [0.15, 0.2) is 23.0 Å². The lowest BCUT2D eigenvalue weighted by Crippen LogP contribution is -2.38. The zero-order valence-corrected chi connectivity index (χ0v) is 23.0. The van der Waals surface area contributed by atoms with Crippen LogP contribution in [0.1, 0.15) is 57.7 Å². The first-order chi connectivity index (χ1) is 18.4. The molecule has 2 aromatic rings. The summed E-state index contributed by atoms with van der Waals surface area (Å²) in [6.07, 6.45) is 5.05. The van der Waals surface area contributed by atoms with Gasteiger partial charge in [-0.05, 0) is 55.8 Å². The van der Waals surface area contributed by atoms with Crippen LogP contribution in [0.15, 0.2) is 65.9 Å². The molecule has 7 heteroatoms. The second kappa shape index (κ2) is 14.4. The largest absolute Gasteiger partial charge is 0.503 e. The van der Waals surface area contributed by atoms with Gasteiger partial charge in [-0.25, -0.2) is 0 Å². The van der Waals surface area contributed by atoms with Crippen molar-refractivity contribution in [3.8, 4) is 11.5 Å². The smallest absolute Gasteiger partial charge is 0.290 e. The number of hydrogen-bond donors (Lipinski definition) is 1. The van der Waals surface area contributed by atoms with E-state index in [2.05, 4.69) is 25.7 Å². The van der Waals surface area contributed by atoms with Crippen LogP contribution in [0.3, 0.4) is 0 Å². The first-order valence-electron chi connectivity index (χ1n) is 13.6. The van der Waals surface area contributed by atoms with Gasteiger partial charge >= 0.3 is 0 Å². The Morgan fingerprint density at radius 2 is 1.76 bits per heavy atom. The average Bonchev–Trinajstić information content (AvgIpc) is 3.19. The molecule has 7 nitrogen and oxygen atoms in total. The van der Waals surface area contributed by atoms with Gasteiger partial charge in [0.05, 0.1) is 24.8 Å². The molecule has 0 saturated carbocycles. The van der Waals surface area contributed by atoms with Crippen molar-refractivity contribution in [3.05, 3.63) is 77.1 Å². The van der Waals surface area contributed by atoms with E-state index in [4.69, 9.17) is 9.47 Å². The molecule has 1 aliphatic rings. The normalized spacial score (nSPS) is 15.7. The van der Waals surface area contributed by atoms with Gasteiger partial charge in [0, 0.05) is 13.1 Å². The fourth-order valence-electron chi connectivity index (χ4n) is 4.51. The van der Waals surface area contributed by atoms with Crippen LogP contribution in [0.4, 0.5) is 0 Å². The highest BCUT2D eigenvalue weighted by atomic mass is 16.5. The number of aliphatic hydroxyl groups excluding tert-OH is 1. The Kier molecular flexibility index (Phi) is 11.0. The molecular formula is C31H40N2O5. The summed E-state index contributed by atoms with van der Waals surface area (Å²) in [7, 11) is 0. The van der Waals surface area contributed by atoms with Gasteiger partial charge in [-0.3, -0.25) is 9.59 Å². The Bertz CT molecular complexity index is 1140. The van der Waals surface area contributed by atoms with Gasteiger partial charge in [-0.1, -0.05) is 69.7 Å². The monoisotopic (exact) mass is 520 g/mol. The first kappa shape index (κ1) is 29.0. The Labute approximate surface area is 226 Å². The van der Waals surface area contributed by atoms with Gasteiger partial charge in [0.2, 0.25) is 0 Å². The predicted octanol–water partition coefficient (Wildman–Crippen LogP) is 5.58. The molecule has 0 radical (unpaired) electrons. The molecule has 1 atom stereocenters. The zero-order chi connectivity index (χ0) is 27.5. The number of amides is 1. The number of aliphatic hydroxyl groups is 1. The van der Waals surface area contributed by atoms with E-state index in [0.717, 1.165) is 31.5 Å². The highest BCUT2D eigenvalue weighted by Gasteiger charge is 2.43. The molecule has 3 rings (SSSR count). The maximum absolute atomic E-state index is 13.5. The van der Waals surface area contributed by atoms with E-state index in [1.807, 2.05) is 55.5 Å². The van der Waals surface area contributed by atoms with Crippen molar-refractivity contribution in [3.63, 3.8) is 0 Å². The summed E-state index contributed by atoms with van der Waals surface area (Å²) in [6.45, 7) is 11.8. The third-order valence-corrected chi connectivity index (χ3v) is 6.69. The number of nitrogens with zero attached hydrogens (tertiary/aromatic N) is 2. The van der Waals surface area contributed by atoms with Crippen LogP contribution in [0, 0.1) is 0 Å². The number of likely N-dealkylation sites (N-methyl/N-ethyl adjacent to an activating group) is 1. The van der Waals surface area contributed by atoms with Gasteiger partial charge in [-0.15, -0.1) is 0 Å².